The molecule has 3 rings (SSSR count). The van der Waals surface area contributed by atoms with Crippen molar-refractivity contribution in [2.75, 3.05) is 11.9 Å². The molecule has 2 heterocycles. The molecule has 9 heteroatoms. The molecular weight excluding hydrogens is 412 g/mol. The van der Waals surface area contributed by atoms with Crippen molar-refractivity contribution in [3.05, 3.63) is 62.9 Å². The predicted octanol–water partition coefficient (Wildman–Crippen LogP) is 4.02. The smallest absolute Gasteiger partial charge is 0.311 e. The van der Waals surface area contributed by atoms with Gasteiger partial charge in [-0.15, -0.1) is 11.3 Å². The van der Waals surface area contributed by atoms with E-state index in [1.165, 1.54) is 11.3 Å². The second kappa shape index (κ2) is 9.19. The zero-order chi connectivity index (χ0) is 21.0. The molecule has 0 saturated heterocycles. The highest BCUT2D eigenvalue weighted by Gasteiger charge is 2.20. The van der Waals surface area contributed by atoms with Gasteiger partial charge in [0.1, 0.15) is 0 Å². The van der Waals surface area contributed by atoms with Crippen LogP contribution in [0.15, 0.2) is 29.6 Å². The number of hydrogen-bond donors (Lipinski definition) is 1. The van der Waals surface area contributed by atoms with Crippen LogP contribution in [0.3, 0.4) is 0 Å². The average Bonchev–Trinajstić information content (AvgIpc) is 3.20. The lowest BCUT2D eigenvalue weighted by Gasteiger charge is -2.07. The van der Waals surface area contributed by atoms with Gasteiger partial charge in [0.25, 0.3) is 5.91 Å². The minimum atomic E-state index is -0.344. The first-order valence-electron chi connectivity index (χ1n) is 9.07. The number of aryl methyl sites for hydroxylation is 1. The van der Waals surface area contributed by atoms with Crippen LogP contribution < -0.4 is 5.32 Å². The van der Waals surface area contributed by atoms with Crippen molar-refractivity contribution < 1.29 is 14.3 Å². The molecule has 0 atom stereocenters. The fourth-order valence-electron chi connectivity index (χ4n) is 2.93. The van der Waals surface area contributed by atoms with Gasteiger partial charge in [-0.25, -0.2) is 4.98 Å². The molecule has 0 fully saturated rings. The largest absolute Gasteiger partial charge is 0.466 e. The molecule has 1 N–H and O–H groups in total. The van der Waals surface area contributed by atoms with Crippen LogP contribution in [0.5, 0.6) is 0 Å². The van der Waals surface area contributed by atoms with Crippen LogP contribution in [0.1, 0.15) is 39.9 Å². The summed E-state index contributed by atoms with van der Waals surface area (Å²) in [6, 6.07) is 7.54. The Morgan fingerprint density at radius 3 is 2.76 bits per heavy atom. The van der Waals surface area contributed by atoms with Gasteiger partial charge in [0, 0.05) is 16.1 Å². The summed E-state index contributed by atoms with van der Waals surface area (Å²) in [4.78, 5) is 28.7. The molecule has 2 aromatic heterocycles. The van der Waals surface area contributed by atoms with Gasteiger partial charge in [0.2, 0.25) is 0 Å². The lowest BCUT2D eigenvalue weighted by atomic mass is 10.2. The van der Waals surface area contributed by atoms with Crippen molar-refractivity contribution in [1.29, 1.82) is 0 Å². The van der Waals surface area contributed by atoms with E-state index >= 15 is 0 Å². The van der Waals surface area contributed by atoms with E-state index in [1.54, 1.807) is 23.9 Å². The first-order chi connectivity index (χ1) is 13.9. The Morgan fingerprint density at radius 1 is 1.28 bits per heavy atom. The van der Waals surface area contributed by atoms with E-state index in [2.05, 4.69) is 15.4 Å². The molecule has 0 spiro atoms. The minimum Gasteiger partial charge on any atom is -0.466 e. The first-order valence-corrected chi connectivity index (χ1v) is 10.3. The monoisotopic (exact) mass is 432 g/mol. The number of esters is 1. The van der Waals surface area contributed by atoms with Crippen LogP contribution in [0.4, 0.5) is 5.13 Å². The van der Waals surface area contributed by atoms with E-state index < -0.39 is 0 Å². The number of nitrogens with zero attached hydrogens (tertiary/aromatic N) is 3. The molecular formula is C20H21ClN4O3S. The summed E-state index contributed by atoms with van der Waals surface area (Å²) in [5, 5.41) is 10.1. The first kappa shape index (κ1) is 21.0. The van der Waals surface area contributed by atoms with Gasteiger partial charge in [0.15, 0.2) is 5.13 Å². The standard InChI is InChI=1S/C20H21ClN4O3S/c1-4-28-17(26)9-15-11-29-20(22-15)23-19(27)18-12(2)24-25(13(18)3)10-14-7-5-6-8-16(14)21/h5-8,11H,4,9-10H2,1-3H3,(H,22,23,27). The van der Waals surface area contributed by atoms with Crippen molar-refractivity contribution in [1.82, 2.24) is 14.8 Å². The van der Waals surface area contributed by atoms with E-state index in [-0.39, 0.29) is 18.3 Å². The highest BCUT2D eigenvalue weighted by molar-refractivity contribution is 7.14. The third kappa shape index (κ3) is 5.02. The Bertz CT molecular complexity index is 1040. The van der Waals surface area contributed by atoms with Crippen LogP contribution in [0.25, 0.3) is 0 Å². The number of amides is 1. The number of ether oxygens (including phenoxy) is 1. The molecule has 152 valence electrons. The highest BCUT2D eigenvalue weighted by atomic mass is 35.5. The number of carbonyl (C=O) groups excluding carboxylic acids is 2. The van der Waals surface area contributed by atoms with Crippen LogP contribution in [-0.4, -0.2) is 33.2 Å². The van der Waals surface area contributed by atoms with Crippen molar-refractivity contribution in [2.45, 2.75) is 33.7 Å². The Hall–Kier alpha value is -2.71. The summed E-state index contributed by atoms with van der Waals surface area (Å²) < 4.78 is 6.68. The van der Waals surface area contributed by atoms with Gasteiger partial charge >= 0.3 is 5.97 Å². The number of carbonyl (C=O) groups is 2. The third-order valence-corrected chi connectivity index (χ3v) is 5.46. The number of halogens is 1. The van der Waals surface area contributed by atoms with Crippen molar-refractivity contribution in [2.24, 2.45) is 0 Å². The number of hydrogen-bond acceptors (Lipinski definition) is 6. The lowest BCUT2D eigenvalue weighted by molar-refractivity contribution is -0.142. The maximum atomic E-state index is 12.8. The lowest BCUT2D eigenvalue weighted by Crippen LogP contribution is -2.14. The predicted molar refractivity (Wildman–Crippen MR) is 113 cm³/mol. The van der Waals surface area contributed by atoms with Gasteiger partial charge in [0.05, 0.1) is 36.5 Å². The van der Waals surface area contributed by atoms with Gasteiger partial charge in [-0.3, -0.25) is 19.6 Å². The molecule has 0 bridgehead atoms. The molecule has 3 aromatic rings. The van der Waals surface area contributed by atoms with Crippen LogP contribution in [-0.2, 0) is 22.5 Å². The molecule has 1 amide bonds. The second-order valence-electron chi connectivity index (χ2n) is 6.37. The summed E-state index contributed by atoms with van der Waals surface area (Å²) in [5.41, 5.74) is 3.35. The second-order valence-corrected chi connectivity index (χ2v) is 7.64. The number of nitrogens with one attached hydrogen (secondary N) is 1. The number of thiazole rings is 1. The summed E-state index contributed by atoms with van der Waals surface area (Å²) >= 11 is 7.50. The summed E-state index contributed by atoms with van der Waals surface area (Å²) in [7, 11) is 0. The maximum absolute atomic E-state index is 12.8. The molecule has 0 aliphatic heterocycles. The summed E-state index contributed by atoms with van der Waals surface area (Å²) in [6.45, 7) is 6.18. The van der Waals surface area contributed by atoms with Crippen LogP contribution in [0, 0.1) is 13.8 Å². The zero-order valence-corrected chi connectivity index (χ0v) is 17.9. The molecule has 7 nitrogen and oxygen atoms in total. The molecule has 0 unspecified atom stereocenters. The number of aromatic nitrogens is 3. The molecule has 0 aliphatic carbocycles. The summed E-state index contributed by atoms with van der Waals surface area (Å²) in [6.07, 6.45) is 0.0774. The Balaban J connectivity index is 1.73. The van der Waals surface area contributed by atoms with E-state index in [9.17, 15) is 9.59 Å². The zero-order valence-electron chi connectivity index (χ0n) is 16.4. The van der Waals surface area contributed by atoms with Gasteiger partial charge < -0.3 is 4.74 Å². The maximum Gasteiger partial charge on any atom is 0.311 e. The van der Waals surface area contributed by atoms with Crippen LogP contribution >= 0.6 is 22.9 Å². The van der Waals surface area contributed by atoms with Crippen LogP contribution in [0.2, 0.25) is 5.02 Å². The van der Waals surface area contributed by atoms with E-state index in [4.69, 9.17) is 16.3 Å². The number of benzene rings is 1. The Morgan fingerprint density at radius 2 is 2.03 bits per heavy atom. The van der Waals surface area contributed by atoms with Crippen molar-refractivity contribution in [3.63, 3.8) is 0 Å². The average molecular weight is 433 g/mol. The Kier molecular flexibility index (Phi) is 6.66. The molecule has 1 aromatic carbocycles. The van der Waals surface area contributed by atoms with Gasteiger partial charge in [-0.1, -0.05) is 29.8 Å². The molecule has 0 saturated carbocycles. The van der Waals surface area contributed by atoms with E-state index in [0.717, 1.165) is 11.3 Å². The molecule has 29 heavy (non-hydrogen) atoms. The topological polar surface area (TPSA) is 86.1 Å². The van der Waals surface area contributed by atoms with Gasteiger partial charge in [-0.05, 0) is 32.4 Å². The fourth-order valence-corrected chi connectivity index (χ4v) is 3.83. The normalized spacial score (nSPS) is 10.8. The molecule has 0 aliphatic rings. The van der Waals surface area contributed by atoms with Gasteiger partial charge in [-0.2, -0.15) is 5.10 Å². The summed E-state index contributed by atoms with van der Waals surface area (Å²) in [5.74, 6) is -0.634. The van der Waals surface area contributed by atoms with E-state index in [0.29, 0.717) is 40.3 Å². The fraction of sp³-hybridized carbons (Fsp3) is 0.300. The molecule has 0 radical (unpaired) electrons. The Labute approximate surface area is 177 Å². The number of anilines is 1. The van der Waals surface area contributed by atoms with Crippen molar-refractivity contribution in [3.8, 4) is 0 Å². The highest BCUT2D eigenvalue weighted by Crippen LogP contribution is 2.22. The quantitative estimate of drug-likeness (QED) is 0.570. The number of rotatable bonds is 7. The van der Waals surface area contributed by atoms with Crippen molar-refractivity contribution >= 4 is 39.9 Å². The SMILES string of the molecule is CCOC(=O)Cc1csc(NC(=O)c2c(C)nn(Cc3ccccc3Cl)c2C)n1. The minimum absolute atomic E-state index is 0.0774. The van der Waals surface area contributed by atoms with E-state index in [1.807, 2.05) is 31.2 Å². The third-order valence-electron chi connectivity index (χ3n) is 4.29.